The predicted octanol–water partition coefficient (Wildman–Crippen LogP) is 2.62. The first kappa shape index (κ1) is 21.1. The van der Waals surface area contributed by atoms with Gasteiger partial charge in [-0.25, -0.2) is 0 Å². The van der Waals surface area contributed by atoms with Crippen LogP contribution in [0.2, 0.25) is 0 Å². The molecule has 0 fully saturated rings. The van der Waals surface area contributed by atoms with E-state index < -0.39 is 6.04 Å². The van der Waals surface area contributed by atoms with Crippen LogP contribution in [0.4, 0.5) is 5.69 Å². The predicted molar refractivity (Wildman–Crippen MR) is 117 cm³/mol. The normalized spacial score (nSPS) is 11.7. The number of anilines is 1. The second-order valence-corrected chi connectivity index (χ2v) is 7.43. The molecule has 1 aromatic heterocycles. The molecule has 0 spiro atoms. The number of carbonyl (C=O) groups excluding carboxylic acids is 3. The fourth-order valence-electron chi connectivity index (χ4n) is 3.36. The first-order chi connectivity index (χ1) is 14.3. The minimum atomic E-state index is -0.765. The number of H-pyrrole nitrogens is 1. The van der Waals surface area contributed by atoms with Gasteiger partial charge in [-0.15, -0.1) is 0 Å². The molecule has 156 valence electrons. The van der Waals surface area contributed by atoms with Crippen molar-refractivity contribution in [3.8, 4) is 0 Å². The highest BCUT2D eigenvalue weighted by Crippen LogP contribution is 2.19. The van der Waals surface area contributed by atoms with Gasteiger partial charge in [0.2, 0.25) is 17.7 Å². The van der Waals surface area contributed by atoms with E-state index in [4.69, 9.17) is 0 Å². The maximum atomic E-state index is 13.0. The molecule has 0 aliphatic carbocycles. The van der Waals surface area contributed by atoms with Crippen LogP contribution in [-0.2, 0) is 20.8 Å². The quantitative estimate of drug-likeness (QED) is 0.563. The Morgan fingerprint density at radius 2 is 1.77 bits per heavy atom. The van der Waals surface area contributed by atoms with Crippen LogP contribution in [-0.4, -0.2) is 47.2 Å². The highest BCUT2D eigenvalue weighted by Gasteiger charge is 2.25. The van der Waals surface area contributed by atoms with E-state index in [1.54, 1.807) is 7.05 Å². The second kappa shape index (κ2) is 9.26. The number of para-hydroxylation sites is 1. The smallest absolute Gasteiger partial charge is 0.245 e. The van der Waals surface area contributed by atoms with E-state index in [1.165, 1.54) is 11.8 Å². The van der Waals surface area contributed by atoms with Crippen molar-refractivity contribution in [3.63, 3.8) is 0 Å². The Bertz CT molecular complexity index is 1060. The number of carbonyl (C=O) groups is 3. The summed E-state index contributed by atoms with van der Waals surface area (Å²) in [5, 5.41) is 6.50. The van der Waals surface area contributed by atoms with Crippen LogP contribution in [0.15, 0.2) is 54.7 Å². The number of hydrogen-bond acceptors (Lipinski definition) is 3. The van der Waals surface area contributed by atoms with Crippen molar-refractivity contribution in [1.82, 2.24) is 15.2 Å². The first-order valence-electron chi connectivity index (χ1n) is 9.77. The van der Waals surface area contributed by atoms with Crippen LogP contribution in [0.25, 0.3) is 10.9 Å². The number of aromatic nitrogens is 1. The van der Waals surface area contributed by atoms with Gasteiger partial charge < -0.3 is 20.5 Å². The summed E-state index contributed by atoms with van der Waals surface area (Å²) >= 11 is 0. The van der Waals surface area contributed by atoms with Gasteiger partial charge in [-0.05, 0) is 30.7 Å². The Morgan fingerprint density at radius 3 is 2.47 bits per heavy atom. The minimum absolute atomic E-state index is 0.114. The van der Waals surface area contributed by atoms with Crippen molar-refractivity contribution in [2.45, 2.75) is 26.3 Å². The van der Waals surface area contributed by atoms with Gasteiger partial charge in [0.15, 0.2) is 0 Å². The van der Waals surface area contributed by atoms with Crippen molar-refractivity contribution in [2.24, 2.45) is 0 Å². The first-order valence-corrected chi connectivity index (χ1v) is 9.77. The molecular weight excluding hydrogens is 380 g/mol. The van der Waals surface area contributed by atoms with Gasteiger partial charge >= 0.3 is 0 Å². The molecule has 3 amide bonds. The van der Waals surface area contributed by atoms with Crippen molar-refractivity contribution >= 4 is 34.3 Å². The minimum Gasteiger partial charge on any atom is -0.361 e. The standard InChI is InChI=1S/C23H26N4O3/c1-15-8-10-18(11-9-15)26-22(29)14-27(3)23(30)21(25-16(2)28)12-17-13-24-20-7-5-4-6-19(17)20/h4-11,13,21,24H,12,14H2,1-3H3,(H,25,28)(H,26,29). The number of nitrogens with one attached hydrogen (secondary N) is 3. The number of amides is 3. The van der Waals surface area contributed by atoms with Gasteiger partial charge in [-0.1, -0.05) is 35.9 Å². The third kappa shape index (κ3) is 5.26. The van der Waals surface area contributed by atoms with Gasteiger partial charge in [-0.2, -0.15) is 0 Å². The number of nitrogens with zero attached hydrogens (tertiary/aromatic N) is 1. The van der Waals surface area contributed by atoms with Crippen LogP contribution in [0.3, 0.4) is 0 Å². The second-order valence-electron chi connectivity index (χ2n) is 7.43. The monoisotopic (exact) mass is 406 g/mol. The summed E-state index contributed by atoms with van der Waals surface area (Å²) in [6.45, 7) is 3.23. The summed E-state index contributed by atoms with van der Waals surface area (Å²) in [4.78, 5) is 41.6. The summed E-state index contributed by atoms with van der Waals surface area (Å²) in [7, 11) is 1.56. The Labute approximate surface area is 175 Å². The zero-order valence-electron chi connectivity index (χ0n) is 17.4. The topological polar surface area (TPSA) is 94.3 Å². The van der Waals surface area contributed by atoms with Crippen molar-refractivity contribution < 1.29 is 14.4 Å². The average Bonchev–Trinajstić information content (AvgIpc) is 3.11. The summed E-state index contributed by atoms with van der Waals surface area (Å²) < 4.78 is 0. The molecule has 0 radical (unpaired) electrons. The zero-order valence-corrected chi connectivity index (χ0v) is 17.4. The Hall–Kier alpha value is -3.61. The van der Waals surface area contributed by atoms with Crippen LogP contribution in [0.1, 0.15) is 18.1 Å². The molecule has 0 saturated heterocycles. The molecule has 7 nitrogen and oxygen atoms in total. The number of aryl methyl sites for hydroxylation is 1. The number of fused-ring (bicyclic) bond motifs is 1. The molecule has 0 bridgehead atoms. The molecule has 2 aromatic carbocycles. The van der Waals surface area contributed by atoms with Crippen LogP contribution < -0.4 is 10.6 Å². The maximum absolute atomic E-state index is 13.0. The van der Waals surface area contributed by atoms with E-state index in [-0.39, 0.29) is 24.3 Å². The summed E-state index contributed by atoms with van der Waals surface area (Å²) in [5.74, 6) is -0.927. The van der Waals surface area contributed by atoms with E-state index in [9.17, 15) is 14.4 Å². The number of hydrogen-bond donors (Lipinski definition) is 3. The highest BCUT2D eigenvalue weighted by molar-refractivity contribution is 5.96. The number of likely N-dealkylation sites (N-methyl/N-ethyl adjacent to an activating group) is 1. The number of rotatable bonds is 7. The fourth-order valence-corrected chi connectivity index (χ4v) is 3.36. The van der Waals surface area contributed by atoms with E-state index in [1.807, 2.05) is 61.7 Å². The number of aromatic amines is 1. The molecule has 3 aromatic rings. The molecule has 7 heteroatoms. The lowest BCUT2D eigenvalue weighted by Crippen LogP contribution is -2.49. The third-order valence-corrected chi connectivity index (χ3v) is 4.87. The molecule has 1 atom stereocenters. The van der Waals surface area contributed by atoms with Crippen molar-refractivity contribution in [2.75, 3.05) is 18.9 Å². The Balaban J connectivity index is 1.68. The average molecular weight is 406 g/mol. The highest BCUT2D eigenvalue weighted by atomic mass is 16.2. The van der Waals surface area contributed by atoms with Gasteiger partial charge in [0.25, 0.3) is 0 Å². The molecule has 0 aliphatic rings. The zero-order chi connectivity index (χ0) is 21.7. The molecule has 1 unspecified atom stereocenters. The summed E-state index contributed by atoms with van der Waals surface area (Å²) in [6, 6.07) is 14.4. The molecule has 30 heavy (non-hydrogen) atoms. The van der Waals surface area contributed by atoms with E-state index in [0.717, 1.165) is 22.0 Å². The van der Waals surface area contributed by atoms with Gasteiger partial charge in [-0.3, -0.25) is 14.4 Å². The Morgan fingerprint density at radius 1 is 1.07 bits per heavy atom. The summed E-state index contributed by atoms with van der Waals surface area (Å²) in [6.07, 6.45) is 2.17. The Kier molecular flexibility index (Phi) is 6.51. The molecule has 0 aliphatic heterocycles. The van der Waals surface area contributed by atoms with E-state index in [0.29, 0.717) is 12.1 Å². The summed E-state index contributed by atoms with van der Waals surface area (Å²) in [5.41, 5.74) is 3.65. The van der Waals surface area contributed by atoms with Gasteiger partial charge in [0.1, 0.15) is 6.04 Å². The van der Waals surface area contributed by atoms with E-state index >= 15 is 0 Å². The third-order valence-electron chi connectivity index (χ3n) is 4.87. The number of benzene rings is 2. The van der Waals surface area contributed by atoms with Gasteiger partial charge in [0, 0.05) is 43.2 Å². The SMILES string of the molecule is CC(=O)NC(Cc1c[nH]c2ccccc12)C(=O)N(C)CC(=O)Nc1ccc(C)cc1. The van der Waals surface area contributed by atoms with Crippen LogP contribution in [0, 0.1) is 6.92 Å². The molecule has 3 N–H and O–H groups in total. The largest absolute Gasteiger partial charge is 0.361 e. The lowest BCUT2D eigenvalue weighted by Gasteiger charge is -2.24. The molecule has 0 saturated carbocycles. The molecule has 3 rings (SSSR count). The fraction of sp³-hybridized carbons (Fsp3) is 0.261. The maximum Gasteiger partial charge on any atom is 0.245 e. The van der Waals surface area contributed by atoms with E-state index in [2.05, 4.69) is 15.6 Å². The van der Waals surface area contributed by atoms with Crippen LogP contribution >= 0.6 is 0 Å². The van der Waals surface area contributed by atoms with Crippen LogP contribution in [0.5, 0.6) is 0 Å². The molecular formula is C23H26N4O3. The lowest BCUT2D eigenvalue weighted by molar-refractivity contribution is -0.137. The molecule has 1 heterocycles. The van der Waals surface area contributed by atoms with Crippen molar-refractivity contribution in [3.05, 3.63) is 65.9 Å². The van der Waals surface area contributed by atoms with Gasteiger partial charge in [0.05, 0.1) is 6.54 Å². The van der Waals surface area contributed by atoms with Crippen molar-refractivity contribution in [1.29, 1.82) is 0 Å². The lowest BCUT2D eigenvalue weighted by atomic mass is 10.0.